The molecule has 11 heavy (non-hydrogen) atoms. The van der Waals surface area contributed by atoms with Crippen LogP contribution in [0.4, 0.5) is 0 Å². The molecule has 66 valence electrons. The number of rotatable bonds is 5. The van der Waals surface area contributed by atoms with Gasteiger partial charge < -0.3 is 5.11 Å². The van der Waals surface area contributed by atoms with Gasteiger partial charge in [0.15, 0.2) is 0 Å². The average Bonchev–Trinajstić information content (AvgIpc) is 1.85. The van der Waals surface area contributed by atoms with Gasteiger partial charge in [-0.05, 0) is 12.8 Å². The van der Waals surface area contributed by atoms with Crippen LogP contribution in [0.15, 0.2) is 12.2 Å². The molecular weight excluding hydrogens is 168 g/mol. The topological polar surface area (TPSA) is 74.6 Å². The minimum Gasteiger partial charge on any atom is -0.396 e. The maximum Gasteiger partial charge on any atom is 0.265 e. The molecule has 2 N–H and O–H groups in total. The summed E-state index contributed by atoms with van der Waals surface area (Å²) in [5.41, 5.74) is 0. The molecule has 0 aliphatic heterocycles. The summed E-state index contributed by atoms with van der Waals surface area (Å²) in [7, 11) is -3.83. The van der Waals surface area contributed by atoms with Gasteiger partial charge >= 0.3 is 0 Å². The average molecular weight is 180 g/mol. The third-order valence-corrected chi connectivity index (χ3v) is 1.76. The van der Waals surface area contributed by atoms with Crippen molar-refractivity contribution in [2.24, 2.45) is 0 Å². The fourth-order valence-corrected chi connectivity index (χ4v) is 0.961. The van der Waals surface area contributed by atoms with E-state index < -0.39 is 10.1 Å². The summed E-state index contributed by atoms with van der Waals surface area (Å²) < 4.78 is 28.5. The quantitative estimate of drug-likeness (QED) is 0.468. The van der Waals surface area contributed by atoms with Crippen molar-refractivity contribution in [3.8, 4) is 0 Å². The van der Waals surface area contributed by atoms with Crippen LogP contribution in [-0.2, 0) is 10.1 Å². The standard InChI is InChI=1S/C6H12O4S/c7-5-3-1-2-4-6-11(8,9)10/h1-2,7H,3-6H2,(H,8,9,10). The lowest BCUT2D eigenvalue weighted by Gasteiger charge is -1.90. The van der Waals surface area contributed by atoms with Crippen LogP contribution in [0.3, 0.4) is 0 Å². The lowest BCUT2D eigenvalue weighted by atomic mass is 10.3. The van der Waals surface area contributed by atoms with E-state index in [9.17, 15) is 8.42 Å². The highest BCUT2D eigenvalue weighted by Gasteiger charge is 1.99. The normalized spacial score (nSPS) is 12.5. The lowest BCUT2D eigenvalue weighted by molar-refractivity contribution is 0.302. The van der Waals surface area contributed by atoms with Gasteiger partial charge in [0.05, 0.1) is 5.75 Å². The van der Waals surface area contributed by atoms with Crippen LogP contribution >= 0.6 is 0 Å². The van der Waals surface area contributed by atoms with E-state index in [0.717, 1.165) is 0 Å². The molecule has 0 rings (SSSR count). The third kappa shape index (κ3) is 9.61. The molecule has 0 aliphatic carbocycles. The molecule has 0 bridgehead atoms. The highest BCUT2D eigenvalue weighted by molar-refractivity contribution is 7.85. The molecule has 0 aromatic rings. The molecule has 0 unspecified atom stereocenters. The first kappa shape index (κ1) is 10.6. The van der Waals surface area contributed by atoms with Crippen molar-refractivity contribution in [1.29, 1.82) is 0 Å². The number of aliphatic hydroxyl groups is 1. The molecule has 0 spiro atoms. The first-order chi connectivity index (χ1) is 5.06. The Labute approximate surface area is 66.3 Å². The van der Waals surface area contributed by atoms with Gasteiger partial charge in [-0.3, -0.25) is 4.55 Å². The number of aliphatic hydroxyl groups excluding tert-OH is 1. The summed E-state index contributed by atoms with van der Waals surface area (Å²) in [5, 5.41) is 8.31. The van der Waals surface area contributed by atoms with Crippen molar-refractivity contribution in [3.63, 3.8) is 0 Å². The van der Waals surface area contributed by atoms with Gasteiger partial charge in [0, 0.05) is 6.61 Å². The SMILES string of the molecule is O=S(=O)(O)CCC=CCCO. The van der Waals surface area contributed by atoms with E-state index in [1.165, 1.54) is 0 Å². The summed E-state index contributed by atoms with van der Waals surface area (Å²) >= 11 is 0. The monoisotopic (exact) mass is 180 g/mol. The molecule has 0 fully saturated rings. The predicted molar refractivity (Wildman–Crippen MR) is 41.9 cm³/mol. The van der Waals surface area contributed by atoms with Gasteiger partial charge in [0.1, 0.15) is 0 Å². The van der Waals surface area contributed by atoms with Gasteiger partial charge in [-0.1, -0.05) is 12.2 Å². The predicted octanol–water partition coefficient (Wildman–Crippen LogP) is 0.203. The van der Waals surface area contributed by atoms with E-state index in [2.05, 4.69) is 0 Å². The fraction of sp³-hybridized carbons (Fsp3) is 0.667. The zero-order valence-electron chi connectivity index (χ0n) is 6.10. The molecule has 0 aromatic heterocycles. The fourth-order valence-electron chi connectivity index (χ4n) is 0.527. The number of allylic oxidation sites excluding steroid dienone is 1. The minimum absolute atomic E-state index is 0.0579. The van der Waals surface area contributed by atoms with Crippen molar-refractivity contribution in [3.05, 3.63) is 12.2 Å². The Morgan fingerprint density at radius 3 is 2.18 bits per heavy atom. The van der Waals surface area contributed by atoms with Crippen LogP contribution in [0.2, 0.25) is 0 Å². The summed E-state index contributed by atoms with van der Waals surface area (Å²) in [4.78, 5) is 0. The summed E-state index contributed by atoms with van der Waals surface area (Å²) in [6.45, 7) is 0.0579. The Morgan fingerprint density at radius 2 is 1.73 bits per heavy atom. The molecule has 5 heteroatoms. The smallest absolute Gasteiger partial charge is 0.265 e. The molecular formula is C6H12O4S. The summed E-state index contributed by atoms with van der Waals surface area (Å²) in [5.74, 6) is -0.255. The van der Waals surface area contributed by atoms with Crippen LogP contribution < -0.4 is 0 Å². The van der Waals surface area contributed by atoms with E-state index in [0.29, 0.717) is 12.8 Å². The number of hydrogen-bond acceptors (Lipinski definition) is 3. The Balaban J connectivity index is 3.42. The van der Waals surface area contributed by atoms with Crippen LogP contribution in [0.1, 0.15) is 12.8 Å². The zero-order chi connectivity index (χ0) is 8.74. The van der Waals surface area contributed by atoms with Gasteiger partial charge in [0.25, 0.3) is 10.1 Å². The lowest BCUT2D eigenvalue weighted by Crippen LogP contribution is -2.01. The van der Waals surface area contributed by atoms with Crippen molar-refractivity contribution in [2.45, 2.75) is 12.8 Å². The van der Waals surface area contributed by atoms with Crippen LogP contribution in [0.25, 0.3) is 0 Å². The Kier molecular flexibility index (Phi) is 5.10. The second-order valence-corrected chi connectivity index (χ2v) is 3.63. The van der Waals surface area contributed by atoms with E-state index >= 15 is 0 Å². The van der Waals surface area contributed by atoms with Gasteiger partial charge in [0.2, 0.25) is 0 Å². The van der Waals surface area contributed by atoms with E-state index in [1.54, 1.807) is 12.2 Å². The highest BCUT2D eigenvalue weighted by Crippen LogP contribution is 1.91. The Morgan fingerprint density at radius 1 is 1.18 bits per heavy atom. The first-order valence-corrected chi connectivity index (χ1v) is 4.88. The van der Waals surface area contributed by atoms with Crippen molar-refractivity contribution < 1.29 is 18.1 Å². The molecule has 4 nitrogen and oxygen atoms in total. The second-order valence-electron chi connectivity index (χ2n) is 2.06. The van der Waals surface area contributed by atoms with E-state index in [4.69, 9.17) is 9.66 Å². The molecule has 0 amide bonds. The molecule has 0 aromatic carbocycles. The van der Waals surface area contributed by atoms with Gasteiger partial charge in [-0.25, -0.2) is 0 Å². The van der Waals surface area contributed by atoms with Crippen LogP contribution in [0.5, 0.6) is 0 Å². The van der Waals surface area contributed by atoms with Gasteiger partial charge in [-0.2, -0.15) is 8.42 Å². The second kappa shape index (κ2) is 5.29. The highest BCUT2D eigenvalue weighted by atomic mass is 32.2. The summed E-state index contributed by atoms with van der Waals surface area (Å²) in [6.07, 6.45) is 4.10. The van der Waals surface area contributed by atoms with E-state index in [-0.39, 0.29) is 12.4 Å². The van der Waals surface area contributed by atoms with Crippen LogP contribution in [-0.4, -0.2) is 30.4 Å². The maximum atomic E-state index is 10.1. The zero-order valence-corrected chi connectivity index (χ0v) is 6.92. The van der Waals surface area contributed by atoms with Crippen molar-refractivity contribution >= 4 is 10.1 Å². The van der Waals surface area contributed by atoms with Crippen molar-refractivity contribution in [1.82, 2.24) is 0 Å². The van der Waals surface area contributed by atoms with E-state index in [1.807, 2.05) is 0 Å². The van der Waals surface area contributed by atoms with Crippen molar-refractivity contribution in [2.75, 3.05) is 12.4 Å². The third-order valence-electron chi connectivity index (χ3n) is 1.00. The maximum absolute atomic E-state index is 10.1. The van der Waals surface area contributed by atoms with Gasteiger partial charge in [-0.15, -0.1) is 0 Å². The summed E-state index contributed by atoms with van der Waals surface area (Å²) in [6, 6.07) is 0. The molecule has 0 saturated carbocycles. The molecule has 0 atom stereocenters. The first-order valence-electron chi connectivity index (χ1n) is 3.27. The largest absolute Gasteiger partial charge is 0.396 e. The molecule has 0 heterocycles. The Hall–Kier alpha value is -0.390. The minimum atomic E-state index is -3.83. The molecule has 0 aliphatic rings. The Bertz CT molecular complexity index is 205. The van der Waals surface area contributed by atoms with Crippen LogP contribution in [0, 0.1) is 0 Å². The molecule has 0 saturated heterocycles. The molecule has 0 radical (unpaired) electrons. The number of hydrogen-bond donors (Lipinski definition) is 2.